The number of carbonyl (C=O) groups is 3. The Hall–Kier alpha value is -2.16. The number of aliphatic hydroxyl groups is 1. The Morgan fingerprint density at radius 2 is 2.03 bits per heavy atom. The molecule has 3 aliphatic rings. The number of nitrogens with zero attached hydrogens (tertiary/aromatic N) is 1. The summed E-state index contributed by atoms with van der Waals surface area (Å²) in [5.41, 5.74) is -0.786. The van der Waals surface area contributed by atoms with Crippen LogP contribution in [0, 0.1) is 24.7 Å². The first kappa shape index (κ1) is 26.9. The quantitative estimate of drug-likeness (QED) is 0.481. The normalized spacial score (nSPS) is 31.6. The van der Waals surface area contributed by atoms with E-state index in [0.29, 0.717) is 36.4 Å². The van der Waals surface area contributed by atoms with Crippen LogP contribution in [-0.2, 0) is 23.9 Å². The molecule has 0 radical (unpaired) electrons. The molecule has 6 atom stereocenters. The van der Waals surface area contributed by atoms with E-state index < -0.39 is 47.0 Å². The first-order valence-corrected chi connectivity index (χ1v) is 13.3. The second kappa shape index (κ2) is 9.95. The Morgan fingerprint density at radius 1 is 1.31 bits per heavy atom. The first-order valence-electron chi connectivity index (χ1n) is 12.9. The zero-order valence-electron chi connectivity index (χ0n) is 21.7. The first-order chi connectivity index (χ1) is 17.1. The van der Waals surface area contributed by atoms with E-state index in [4.69, 9.17) is 21.1 Å². The van der Waals surface area contributed by atoms with Crippen LogP contribution in [0.4, 0.5) is 5.69 Å². The summed E-state index contributed by atoms with van der Waals surface area (Å²) in [7, 11) is 0. The predicted molar refractivity (Wildman–Crippen MR) is 135 cm³/mol. The maximum Gasteiger partial charge on any atom is 0.312 e. The van der Waals surface area contributed by atoms with Crippen molar-refractivity contribution in [2.45, 2.75) is 83.6 Å². The Kier molecular flexibility index (Phi) is 7.43. The smallest absolute Gasteiger partial charge is 0.312 e. The third-order valence-electron chi connectivity index (χ3n) is 8.23. The molecule has 3 aliphatic heterocycles. The molecule has 3 heterocycles. The lowest BCUT2D eigenvalue weighted by molar-refractivity contribution is -0.161. The van der Waals surface area contributed by atoms with Crippen molar-refractivity contribution in [2.75, 3.05) is 18.5 Å². The molecule has 1 aromatic rings. The van der Waals surface area contributed by atoms with E-state index in [0.717, 1.165) is 5.56 Å². The zero-order chi connectivity index (χ0) is 26.4. The van der Waals surface area contributed by atoms with Crippen LogP contribution in [0.1, 0.15) is 58.9 Å². The van der Waals surface area contributed by atoms with Gasteiger partial charge in [0.05, 0.1) is 41.5 Å². The van der Waals surface area contributed by atoms with E-state index in [2.05, 4.69) is 5.32 Å². The minimum absolute atomic E-state index is 0.169. The molecule has 2 amide bonds. The summed E-state index contributed by atoms with van der Waals surface area (Å²) < 4.78 is 12.1. The van der Waals surface area contributed by atoms with Crippen LogP contribution >= 0.6 is 11.6 Å². The molecule has 2 unspecified atom stereocenters. The molecule has 0 aliphatic carbocycles. The number of nitrogens with one attached hydrogen (secondary N) is 1. The number of para-hydroxylation sites is 1. The van der Waals surface area contributed by atoms with Gasteiger partial charge in [-0.1, -0.05) is 44.5 Å². The van der Waals surface area contributed by atoms with Crippen LogP contribution in [0.5, 0.6) is 0 Å². The third-order valence-corrected chi connectivity index (χ3v) is 8.54. The number of aryl methyl sites for hydroxylation is 1. The number of hydrogen-bond donors (Lipinski definition) is 2. The van der Waals surface area contributed by atoms with E-state index in [1.807, 2.05) is 33.8 Å². The molecule has 1 aromatic carbocycles. The summed E-state index contributed by atoms with van der Waals surface area (Å²) in [6.45, 7) is 9.40. The van der Waals surface area contributed by atoms with E-state index in [9.17, 15) is 19.5 Å². The molecule has 4 rings (SSSR count). The number of benzene rings is 1. The fourth-order valence-corrected chi connectivity index (χ4v) is 7.01. The van der Waals surface area contributed by atoms with E-state index >= 15 is 0 Å². The van der Waals surface area contributed by atoms with Gasteiger partial charge in [0.25, 0.3) is 0 Å². The van der Waals surface area contributed by atoms with Crippen LogP contribution in [0.15, 0.2) is 18.2 Å². The van der Waals surface area contributed by atoms with Crippen LogP contribution < -0.4 is 5.32 Å². The van der Waals surface area contributed by atoms with Gasteiger partial charge in [-0.2, -0.15) is 0 Å². The second-order valence-corrected chi connectivity index (χ2v) is 11.1. The van der Waals surface area contributed by atoms with Crippen LogP contribution in [0.3, 0.4) is 0 Å². The molecule has 8 nitrogen and oxygen atoms in total. The molecular weight excluding hydrogens is 484 g/mol. The third kappa shape index (κ3) is 4.02. The van der Waals surface area contributed by atoms with Crippen molar-refractivity contribution in [1.29, 1.82) is 0 Å². The standard InChI is InChI=1S/C27H37ClN2O6/c1-6-26-11-12-27(36-26)19(20(26)25(34)35-7-2)24(33)30(17(14-31)13-15(3)4)22(27)23(32)29-21-16(5)9-8-10-18(21)28/h8-10,15,17,19-20,22,31H,6-7,11-14H2,1-5H3,(H,29,32)/t17-,19+,20-,22?,26+,27?/m1/s1. The van der Waals surface area contributed by atoms with Crippen molar-refractivity contribution in [1.82, 2.24) is 4.90 Å². The summed E-state index contributed by atoms with van der Waals surface area (Å²) in [6, 6.07) is 3.72. The van der Waals surface area contributed by atoms with Crippen molar-refractivity contribution < 1.29 is 29.0 Å². The number of rotatable bonds is 9. The van der Waals surface area contributed by atoms with Crippen LogP contribution in [0.25, 0.3) is 0 Å². The molecule has 3 fully saturated rings. The van der Waals surface area contributed by atoms with Gasteiger partial charge in [-0.25, -0.2) is 0 Å². The molecule has 2 bridgehead atoms. The number of fused-ring (bicyclic) bond motifs is 1. The number of ether oxygens (including phenoxy) is 2. The summed E-state index contributed by atoms with van der Waals surface area (Å²) in [6.07, 6.45) is 2.04. The minimum Gasteiger partial charge on any atom is -0.466 e. The molecule has 1 spiro atoms. The number of likely N-dealkylation sites (tertiary alicyclic amines) is 1. The molecule has 2 N–H and O–H groups in total. The van der Waals surface area contributed by atoms with Crippen molar-refractivity contribution in [2.24, 2.45) is 17.8 Å². The molecule has 0 aromatic heterocycles. The van der Waals surface area contributed by atoms with Gasteiger partial charge in [0.15, 0.2) is 0 Å². The maximum absolute atomic E-state index is 14.2. The number of hydrogen-bond acceptors (Lipinski definition) is 6. The van der Waals surface area contributed by atoms with Crippen molar-refractivity contribution >= 4 is 35.1 Å². The number of halogens is 1. The largest absolute Gasteiger partial charge is 0.466 e. The Balaban J connectivity index is 1.82. The minimum atomic E-state index is -1.19. The summed E-state index contributed by atoms with van der Waals surface area (Å²) in [5, 5.41) is 13.7. The van der Waals surface area contributed by atoms with Gasteiger partial charge < -0.3 is 24.8 Å². The Labute approximate surface area is 217 Å². The number of aliphatic hydroxyl groups excluding tert-OH is 1. The van der Waals surface area contributed by atoms with Gasteiger partial charge in [0.2, 0.25) is 11.8 Å². The fourth-order valence-electron chi connectivity index (χ4n) is 6.74. The van der Waals surface area contributed by atoms with Crippen LogP contribution in [0.2, 0.25) is 5.02 Å². The Bertz CT molecular complexity index is 1030. The topological polar surface area (TPSA) is 105 Å². The number of carbonyl (C=O) groups excluding carboxylic acids is 3. The molecule has 9 heteroatoms. The monoisotopic (exact) mass is 520 g/mol. The Morgan fingerprint density at radius 3 is 2.61 bits per heavy atom. The highest BCUT2D eigenvalue weighted by molar-refractivity contribution is 6.34. The van der Waals surface area contributed by atoms with Gasteiger partial charge in [-0.15, -0.1) is 0 Å². The highest BCUT2D eigenvalue weighted by atomic mass is 35.5. The lowest BCUT2D eigenvalue weighted by atomic mass is 9.65. The lowest BCUT2D eigenvalue weighted by Gasteiger charge is -2.38. The van der Waals surface area contributed by atoms with Gasteiger partial charge in [-0.05, 0) is 57.1 Å². The highest BCUT2D eigenvalue weighted by Gasteiger charge is 2.79. The summed E-state index contributed by atoms with van der Waals surface area (Å²) in [4.78, 5) is 42.9. The van der Waals surface area contributed by atoms with Crippen LogP contribution in [-0.4, -0.2) is 64.3 Å². The maximum atomic E-state index is 14.2. The van der Waals surface area contributed by atoms with Gasteiger partial charge in [0, 0.05) is 0 Å². The molecule has 3 saturated heterocycles. The van der Waals surface area contributed by atoms with Gasteiger partial charge >= 0.3 is 5.97 Å². The number of amides is 2. The molecular formula is C27H37ClN2O6. The zero-order valence-corrected chi connectivity index (χ0v) is 22.4. The van der Waals surface area contributed by atoms with E-state index in [1.54, 1.807) is 19.1 Å². The highest BCUT2D eigenvalue weighted by Crippen LogP contribution is 2.64. The van der Waals surface area contributed by atoms with E-state index in [-0.39, 0.29) is 25.0 Å². The van der Waals surface area contributed by atoms with Crippen molar-refractivity contribution in [3.63, 3.8) is 0 Å². The van der Waals surface area contributed by atoms with Gasteiger partial charge in [-0.3, -0.25) is 14.4 Å². The SMILES string of the molecule is CCOC(=O)[C@H]1[C@H]2C(=O)N([C@@H](CO)CC(C)C)C(C(=O)Nc3c(C)cccc3Cl)C23CC[C@]1(CC)O3. The molecule has 198 valence electrons. The summed E-state index contributed by atoms with van der Waals surface area (Å²) >= 11 is 6.41. The van der Waals surface area contributed by atoms with Crippen molar-refractivity contribution in [3.05, 3.63) is 28.8 Å². The second-order valence-electron chi connectivity index (χ2n) is 10.7. The average molecular weight is 521 g/mol. The number of esters is 1. The van der Waals surface area contributed by atoms with Gasteiger partial charge in [0.1, 0.15) is 17.6 Å². The fraction of sp³-hybridized carbons (Fsp3) is 0.667. The molecule has 0 saturated carbocycles. The van der Waals surface area contributed by atoms with E-state index in [1.165, 1.54) is 4.90 Å². The molecule has 36 heavy (non-hydrogen) atoms. The average Bonchev–Trinajstić information content (AvgIpc) is 3.43. The van der Waals surface area contributed by atoms with Crippen molar-refractivity contribution in [3.8, 4) is 0 Å². The predicted octanol–water partition coefficient (Wildman–Crippen LogP) is 3.71. The number of anilines is 1. The lowest BCUT2D eigenvalue weighted by Crippen LogP contribution is -2.56. The summed E-state index contributed by atoms with van der Waals surface area (Å²) in [5.74, 6) is -2.72.